The maximum absolute atomic E-state index is 6.27. The normalized spacial score (nSPS) is 12.4. The second-order valence-corrected chi connectivity index (χ2v) is 5.85. The van der Waals surface area contributed by atoms with Gasteiger partial charge in [-0.3, -0.25) is 0 Å². The molecule has 1 N–H and O–H groups in total. The predicted octanol–water partition coefficient (Wildman–Crippen LogP) is 4.75. The maximum atomic E-state index is 6.27. The molecule has 0 saturated heterocycles. The number of hydrogen-bond acceptors (Lipinski definition) is 3. The molecule has 0 aliphatic heterocycles. The molecule has 2 nitrogen and oxygen atoms in total. The number of ether oxygens (including phenoxy) is 1. The van der Waals surface area contributed by atoms with Crippen molar-refractivity contribution in [2.24, 2.45) is 0 Å². The van der Waals surface area contributed by atoms with Crippen molar-refractivity contribution in [1.82, 2.24) is 5.32 Å². The lowest BCUT2D eigenvalue weighted by atomic mass is 10.1. The Labute approximate surface area is 123 Å². The van der Waals surface area contributed by atoms with Crippen LogP contribution in [0.4, 0.5) is 0 Å². The third-order valence-electron chi connectivity index (χ3n) is 3.00. The van der Waals surface area contributed by atoms with Crippen LogP contribution < -0.4 is 10.1 Å². The molecule has 1 heterocycles. The molecule has 1 aromatic heterocycles. The Morgan fingerprint density at radius 3 is 2.79 bits per heavy atom. The smallest absolute Gasteiger partial charge is 0.119 e. The molecule has 0 bridgehead atoms. The van der Waals surface area contributed by atoms with Crippen LogP contribution in [-0.4, -0.2) is 13.7 Å². The molecule has 0 aliphatic rings. The highest BCUT2D eigenvalue weighted by Gasteiger charge is 2.11. The summed E-state index contributed by atoms with van der Waals surface area (Å²) >= 11 is 8.04. The fraction of sp³-hybridized carbons (Fsp3) is 0.333. The summed E-state index contributed by atoms with van der Waals surface area (Å²) in [4.78, 5) is 2.49. The summed E-state index contributed by atoms with van der Waals surface area (Å²) < 4.78 is 5.26. The molecule has 2 aromatic rings. The van der Waals surface area contributed by atoms with Gasteiger partial charge in [-0.25, -0.2) is 0 Å². The number of halogens is 1. The molecule has 0 fully saturated rings. The van der Waals surface area contributed by atoms with E-state index in [-0.39, 0.29) is 0 Å². The average molecular weight is 296 g/mol. The predicted molar refractivity (Wildman–Crippen MR) is 83.4 cm³/mol. The van der Waals surface area contributed by atoms with Gasteiger partial charge in [0.1, 0.15) is 5.75 Å². The van der Waals surface area contributed by atoms with Gasteiger partial charge < -0.3 is 10.1 Å². The Morgan fingerprint density at radius 1 is 1.32 bits per heavy atom. The van der Waals surface area contributed by atoms with E-state index >= 15 is 0 Å². The van der Waals surface area contributed by atoms with Crippen molar-refractivity contribution in [3.8, 4) is 16.2 Å². The van der Waals surface area contributed by atoms with Crippen LogP contribution in [0.5, 0.6) is 5.75 Å². The highest BCUT2D eigenvalue weighted by Crippen LogP contribution is 2.37. The van der Waals surface area contributed by atoms with Crippen molar-refractivity contribution in [3.63, 3.8) is 0 Å². The number of nitrogens with one attached hydrogen (secondary N) is 1. The van der Waals surface area contributed by atoms with Crippen molar-refractivity contribution < 1.29 is 4.74 Å². The Morgan fingerprint density at radius 2 is 2.11 bits per heavy atom. The molecule has 19 heavy (non-hydrogen) atoms. The van der Waals surface area contributed by atoms with Gasteiger partial charge in [0.25, 0.3) is 0 Å². The second kappa shape index (κ2) is 6.42. The lowest BCUT2D eigenvalue weighted by molar-refractivity contribution is 0.415. The van der Waals surface area contributed by atoms with Gasteiger partial charge in [-0.05, 0) is 43.8 Å². The zero-order chi connectivity index (χ0) is 13.8. The van der Waals surface area contributed by atoms with Crippen LogP contribution in [0.15, 0.2) is 30.3 Å². The minimum absolute atomic E-state index is 0.369. The number of methoxy groups -OCH3 is 1. The fourth-order valence-corrected chi connectivity index (χ4v) is 3.30. The van der Waals surface area contributed by atoms with Crippen molar-refractivity contribution in [3.05, 3.63) is 40.2 Å². The van der Waals surface area contributed by atoms with Crippen LogP contribution in [0, 0.1) is 0 Å². The van der Waals surface area contributed by atoms with Gasteiger partial charge in [0, 0.05) is 26.4 Å². The summed E-state index contributed by atoms with van der Waals surface area (Å²) in [7, 11) is 1.67. The molecule has 0 spiro atoms. The van der Waals surface area contributed by atoms with E-state index in [9.17, 15) is 0 Å². The Bertz CT molecular complexity index is 553. The molecule has 1 atom stereocenters. The summed E-state index contributed by atoms with van der Waals surface area (Å²) in [6, 6.07) is 10.4. The van der Waals surface area contributed by atoms with Gasteiger partial charge in [-0.1, -0.05) is 18.5 Å². The lowest BCUT2D eigenvalue weighted by Crippen LogP contribution is -2.16. The quantitative estimate of drug-likeness (QED) is 0.859. The van der Waals surface area contributed by atoms with Gasteiger partial charge in [-0.2, -0.15) is 0 Å². The van der Waals surface area contributed by atoms with Crippen molar-refractivity contribution in [2.75, 3.05) is 13.7 Å². The molecule has 1 aromatic carbocycles. The molecule has 1 unspecified atom stereocenters. The van der Waals surface area contributed by atoms with Crippen LogP contribution in [0.1, 0.15) is 24.8 Å². The first kappa shape index (κ1) is 14.4. The SMILES string of the molecule is CCNC(C)c1ccc(-c2cc(OC)ccc2Cl)s1. The van der Waals surface area contributed by atoms with Gasteiger partial charge in [0.05, 0.1) is 7.11 Å². The zero-order valence-corrected chi connectivity index (χ0v) is 12.9. The summed E-state index contributed by atoms with van der Waals surface area (Å²) in [5.41, 5.74) is 1.03. The van der Waals surface area contributed by atoms with E-state index in [2.05, 4.69) is 31.3 Å². The monoisotopic (exact) mass is 295 g/mol. The summed E-state index contributed by atoms with van der Waals surface area (Å²) in [6.45, 7) is 5.25. The van der Waals surface area contributed by atoms with Crippen LogP contribution >= 0.6 is 22.9 Å². The molecular formula is C15H18ClNOS. The molecule has 0 radical (unpaired) electrons. The molecule has 0 aliphatic carbocycles. The molecule has 102 valence electrons. The number of hydrogen-bond donors (Lipinski definition) is 1. The number of benzene rings is 1. The van der Waals surface area contributed by atoms with E-state index in [1.54, 1.807) is 18.4 Å². The van der Waals surface area contributed by atoms with Crippen LogP contribution in [0.25, 0.3) is 10.4 Å². The fourth-order valence-electron chi connectivity index (χ4n) is 1.96. The van der Waals surface area contributed by atoms with E-state index < -0.39 is 0 Å². The zero-order valence-electron chi connectivity index (χ0n) is 11.4. The average Bonchev–Trinajstić information content (AvgIpc) is 2.89. The van der Waals surface area contributed by atoms with Crippen molar-refractivity contribution in [2.45, 2.75) is 19.9 Å². The van der Waals surface area contributed by atoms with Gasteiger partial charge in [0.2, 0.25) is 0 Å². The minimum atomic E-state index is 0.369. The summed E-state index contributed by atoms with van der Waals surface area (Å²) in [5, 5.41) is 4.17. The Balaban J connectivity index is 2.32. The molecule has 0 amide bonds. The first-order valence-electron chi connectivity index (χ1n) is 6.32. The molecule has 0 saturated carbocycles. The van der Waals surface area contributed by atoms with Crippen LogP contribution in [0.2, 0.25) is 5.02 Å². The van der Waals surface area contributed by atoms with Crippen LogP contribution in [0.3, 0.4) is 0 Å². The second-order valence-electron chi connectivity index (χ2n) is 4.33. The number of rotatable bonds is 5. The van der Waals surface area contributed by atoms with E-state index in [4.69, 9.17) is 16.3 Å². The Kier molecular flexibility index (Phi) is 4.86. The van der Waals surface area contributed by atoms with Crippen molar-refractivity contribution in [1.29, 1.82) is 0 Å². The molecule has 2 rings (SSSR count). The van der Waals surface area contributed by atoms with Gasteiger partial charge >= 0.3 is 0 Å². The van der Waals surface area contributed by atoms with E-state index in [1.165, 1.54) is 9.75 Å². The van der Waals surface area contributed by atoms with Crippen molar-refractivity contribution >= 4 is 22.9 Å². The highest BCUT2D eigenvalue weighted by molar-refractivity contribution is 7.15. The standard InChI is InChI=1S/C15H18ClNOS/c1-4-17-10(2)14-7-8-15(19-14)12-9-11(18-3)5-6-13(12)16/h5-10,17H,4H2,1-3H3. The van der Waals surface area contributed by atoms with E-state index in [0.29, 0.717) is 6.04 Å². The summed E-state index contributed by atoms with van der Waals surface area (Å²) in [6.07, 6.45) is 0. The third-order valence-corrected chi connectivity index (χ3v) is 4.63. The third kappa shape index (κ3) is 3.30. The van der Waals surface area contributed by atoms with E-state index in [1.807, 2.05) is 18.2 Å². The largest absolute Gasteiger partial charge is 0.497 e. The first-order chi connectivity index (χ1) is 9.15. The first-order valence-corrected chi connectivity index (χ1v) is 7.52. The van der Waals surface area contributed by atoms with Crippen LogP contribution in [-0.2, 0) is 0 Å². The highest BCUT2D eigenvalue weighted by atomic mass is 35.5. The minimum Gasteiger partial charge on any atom is -0.497 e. The lowest BCUT2D eigenvalue weighted by Gasteiger charge is -2.09. The van der Waals surface area contributed by atoms with E-state index in [0.717, 1.165) is 22.9 Å². The van der Waals surface area contributed by atoms with Gasteiger partial charge in [-0.15, -0.1) is 11.3 Å². The maximum Gasteiger partial charge on any atom is 0.119 e. The number of thiophene rings is 1. The Hall–Kier alpha value is -1.03. The summed E-state index contributed by atoms with van der Waals surface area (Å²) in [5.74, 6) is 0.828. The molecule has 4 heteroatoms. The topological polar surface area (TPSA) is 21.3 Å². The molecular weight excluding hydrogens is 278 g/mol. The van der Waals surface area contributed by atoms with Gasteiger partial charge in [0.15, 0.2) is 0 Å².